The van der Waals surface area contributed by atoms with Gasteiger partial charge >= 0.3 is 0 Å². The Labute approximate surface area is 100 Å². The zero-order valence-electron chi connectivity index (χ0n) is 9.61. The lowest BCUT2D eigenvalue weighted by molar-refractivity contribution is 0.311. The van der Waals surface area contributed by atoms with Gasteiger partial charge in [0.2, 0.25) is 0 Å². The van der Waals surface area contributed by atoms with Crippen LogP contribution in [0.4, 0.5) is 0 Å². The summed E-state index contributed by atoms with van der Waals surface area (Å²) in [6.07, 6.45) is 8.63. The Bertz CT molecular complexity index is 453. The van der Waals surface area contributed by atoms with Gasteiger partial charge in [0.15, 0.2) is 0 Å². The summed E-state index contributed by atoms with van der Waals surface area (Å²) in [4.78, 5) is 2.43. The van der Waals surface area contributed by atoms with E-state index in [2.05, 4.69) is 24.9 Å². The molecule has 2 aromatic heterocycles. The van der Waals surface area contributed by atoms with E-state index in [1.807, 2.05) is 30.7 Å². The molecular formula is C12H15N5. The van der Waals surface area contributed by atoms with Crippen molar-refractivity contribution in [3.8, 4) is 0 Å². The number of hydrogen-bond acceptors (Lipinski definition) is 4. The Morgan fingerprint density at radius 1 is 1.29 bits per heavy atom. The predicted octanol–water partition coefficient (Wildman–Crippen LogP) is 1.12. The summed E-state index contributed by atoms with van der Waals surface area (Å²) in [5.41, 5.74) is 1.22. The summed E-state index contributed by atoms with van der Waals surface area (Å²) in [5, 5.41) is 12.0. The number of hydrogen-bond donors (Lipinski definition) is 0. The maximum absolute atomic E-state index is 4.31. The van der Waals surface area contributed by atoms with Crippen LogP contribution < -0.4 is 0 Å². The highest BCUT2D eigenvalue weighted by molar-refractivity contribution is 5.05. The first-order valence-corrected chi connectivity index (χ1v) is 5.89. The largest absolute Gasteiger partial charge is 0.297 e. The second-order valence-electron chi connectivity index (χ2n) is 4.41. The van der Waals surface area contributed by atoms with Crippen LogP contribution in [0.2, 0.25) is 0 Å². The molecule has 0 aliphatic carbocycles. The molecule has 5 nitrogen and oxygen atoms in total. The molecule has 1 atom stereocenters. The van der Waals surface area contributed by atoms with Crippen LogP contribution in [0.5, 0.6) is 0 Å². The lowest BCUT2D eigenvalue weighted by Gasteiger charge is -2.15. The third-order valence-corrected chi connectivity index (χ3v) is 3.20. The van der Waals surface area contributed by atoms with Crippen LogP contribution in [0, 0.1) is 0 Å². The molecule has 0 N–H and O–H groups in total. The molecule has 1 saturated heterocycles. The molecule has 1 aliphatic heterocycles. The third kappa shape index (κ3) is 2.34. The average Bonchev–Trinajstić information content (AvgIpc) is 3.00. The van der Waals surface area contributed by atoms with Crippen molar-refractivity contribution < 1.29 is 0 Å². The van der Waals surface area contributed by atoms with E-state index in [1.54, 1.807) is 6.20 Å². The van der Waals surface area contributed by atoms with E-state index >= 15 is 0 Å². The van der Waals surface area contributed by atoms with Crippen LogP contribution in [0.1, 0.15) is 18.0 Å². The molecule has 0 radical (unpaired) electrons. The van der Waals surface area contributed by atoms with Crippen LogP contribution in [0.25, 0.3) is 0 Å². The highest BCUT2D eigenvalue weighted by atomic mass is 15.3. The molecule has 0 amide bonds. The van der Waals surface area contributed by atoms with Crippen molar-refractivity contribution >= 4 is 0 Å². The zero-order valence-corrected chi connectivity index (χ0v) is 9.61. The zero-order chi connectivity index (χ0) is 11.5. The van der Waals surface area contributed by atoms with Gasteiger partial charge in [-0.1, -0.05) is 0 Å². The maximum atomic E-state index is 4.31. The SMILES string of the molecule is c1cnn(C2CCN(Cc3ccnnc3)C2)c1. The highest BCUT2D eigenvalue weighted by Crippen LogP contribution is 2.21. The van der Waals surface area contributed by atoms with Gasteiger partial charge in [-0.15, -0.1) is 0 Å². The van der Waals surface area contributed by atoms with Gasteiger partial charge in [-0.2, -0.15) is 15.3 Å². The van der Waals surface area contributed by atoms with Crippen LogP contribution in [-0.2, 0) is 6.54 Å². The minimum absolute atomic E-state index is 0.514. The average molecular weight is 229 g/mol. The Morgan fingerprint density at radius 3 is 3.06 bits per heavy atom. The molecule has 0 bridgehead atoms. The number of nitrogens with zero attached hydrogens (tertiary/aromatic N) is 5. The summed E-state index contributed by atoms with van der Waals surface area (Å²) >= 11 is 0. The molecule has 2 aromatic rings. The topological polar surface area (TPSA) is 46.8 Å². The van der Waals surface area contributed by atoms with Gasteiger partial charge in [0.1, 0.15) is 0 Å². The van der Waals surface area contributed by atoms with Crippen molar-refractivity contribution in [3.05, 3.63) is 42.5 Å². The maximum Gasteiger partial charge on any atom is 0.0658 e. The molecule has 17 heavy (non-hydrogen) atoms. The van der Waals surface area contributed by atoms with Crippen LogP contribution >= 0.6 is 0 Å². The van der Waals surface area contributed by atoms with Gasteiger partial charge in [-0.25, -0.2) is 0 Å². The van der Waals surface area contributed by atoms with E-state index in [0.717, 1.165) is 19.6 Å². The fraction of sp³-hybridized carbons (Fsp3) is 0.417. The molecule has 3 heterocycles. The van der Waals surface area contributed by atoms with E-state index < -0.39 is 0 Å². The fourth-order valence-electron chi connectivity index (χ4n) is 2.34. The smallest absolute Gasteiger partial charge is 0.0658 e. The van der Waals surface area contributed by atoms with E-state index in [0.29, 0.717) is 6.04 Å². The molecular weight excluding hydrogens is 214 g/mol. The minimum atomic E-state index is 0.514. The van der Waals surface area contributed by atoms with E-state index in [9.17, 15) is 0 Å². The van der Waals surface area contributed by atoms with E-state index in [1.165, 1.54) is 12.0 Å². The summed E-state index contributed by atoms with van der Waals surface area (Å²) in [5.74, 6) is 0. The molecule has 0 spiro atoms. The standard InChI is InChI=1S/C12H15N5/c1-4-15-17(6-1)12-3-7-16(10-12)9-11-2-5-13-14-8-11/h1-2,4-6,8,12H,3,7,9-10H2. The van der Waals surface area contributed by atoms with E-state index in [4.69, 9.17) is 0 Å². The van der Waals surface area contributed by atoms with Crippen molar-refractivity contribution in [1.29, 1.82) is 0 Å². The lowest BCUT2D eigenvalue weighted by atomic mass is 10.3. The van der Waals surface area contributed by atoms with Gasteiger partial charge in [0.05, 0.1) is 12.2 Å². The molecule has 5 heteroatoms. The van der Waals surface area contributed by atoms with Gasteiger partial charge < -0.3 is 0 Å². The molecule has 1 fully saturated rings. The highest BCUT2D eigenvalue weighted by Gasteiger charge is 2.23. The Balaban J connectivity index is 1.61. The second-order valence-corrected chi connectivity index (χ2v) is 4.41. The quantitative estimate of drug-likeness (QED) is 0.791. The lowest BCUT2D eigenvalue weighted by Crippen LogP contribution is -2.21. The van der Waals surface area contributed by atoms with Crippen molar-refractivity contribution in [2.45, 2.75) is 19.0 Å². The van der Waals surface area contributed by atoms with Gasteiger partial charge in [-0.05, 0) is 24.1 Å². The molecule has 3 rings (SSSR count). The van der Waals surface area contributed by atoms with Gasteiger partial charge in [-0.3, -0.25) is 9.58 Å². The Kier molecular flexibility index (Phi) is 2.83. The Morgan fingerprint density at radius 2 is 2.29 bits per heavy atom. The first kappa shape index (κ1) is 10.4. The van der Waals surface area contributed by atoms with E-state index in [-0.39, 0.29) is 0 Å². The first-order valence-electron chi connectivity index (χ1n) is 5.89. The Hall–Kier alpha value is -1.75. The second kappa shape index (κ2) is 4.63. The number of likely N-dealkylation sites (tertiary alicyclic amines) is 1. The van der Waals surface area contributed by atoms with Crippen LogP contribution in [0.15, 0.2) is 36.9 Å². The summed E-state index contributed by atoms with van der Waals surface area (Å²) in [7, 11) is 0. The van der Waals surface area contributed by atoms with Crippen molar-refractivity contribution in [1.82, 2.24) is 24.9 Å². The first-order chi connectivity index (χ1) is 8.42. The number of aromatic nitrogens is 4. The van der Waals surface area contributed by atoms with Crippen molar-refractivity contribution in [2.24, 2.45) is 0 Å². The van der Waals surface area contributed by atoms with Crippen molar-refractivity contribution in [2.75, 3.05) is 13.1 Å². The number of rotatable bonds is 3. The van der Waals surface area contributed by atoms with Crippen LogP contribution in [-0.4, -0.2) is 38.0 Å². The molecule has 1 unspecified atom stereocenters. The summed E-state index contributed by atoms with van der Waals surface area (Å²) < 4.78 is 2.06. The summed E-state index contributed by atoms with van der Waals surface area (Å²) in [6, 6.07) is 4.52. The normalized spacial score (nSPS) is 20.8. The summed E-state index contributed by atoms with van der Waals surface area (Å²) in [6.45, 7) is 3.13. The predicted molar refractivity (Wildman–Crippen MR) is 63.2 cm³/mol. The molecule has 1 aliphatic rings. The molecule has 0 aromatic carbocycles. The van der Waals surface area contributed by atoms with Gasteiger partial charge in [0.25, 0.3) is 0 Å². The molecule has 88 valence electrons. The molecule has 0 saturated carbocycles. The third-order valence-electron chi connectivity index (χ3n) is 3.20. The van der Waals surface area contributed by atoms with Crippen LogP contribution in [0.3, 0.4) is 0 Å². The fourth-order valence-corrected chi connectivity index (χ4v) is 2.34. The monoisotopic (exact) mass is 229 g/mol. The van der Waals surface area contributed by atoms with Crippen molar-refractivity contribution in [3.63, 3.8) is 0 Å². The van der Waals surface area contributed by atoms with Gasteiger partial charge in [0, 0.05) is 38.2 Å². The minimum Gasteiger partial charge on any atom is -0.297 e.